The van der Waals surface area contributed by atoms with Gasteiger partial charge in [0.2, 0.25) is 28.6 Å². The van der Waals surface area contributed by atoms with Crippen LogP contribution in [0, 0.1) is 111 Å². The SMILES string of the molecule is Cc1cc2oc3ccccc3n2c1C.Cc1cn2c(oc3ccccc32)c1C.Cc1cn2c(oc3ccccc32)c1C.Cc1oc2c(cc3ccccn32)c1C.Cc1oc2c(cc3ccccn32)c1C.Cc1oc2cc3ccccn3c2c1C.Cc1oc2cc3ccccn3c2c1C.Cc1oc2cn3ccccc3c2c1C. The highest BCUT2D eigenvalue weighted by Gasteiger charge is 2.19. The standard InChI is InChI=1S/8C12H11NO/c1-8-9(2)14-11-7-13-6-4-3-5-10(13)12(8)11;2*1-8-9(2)14-11-7-10-5-3-4-6-13(10)12(8)11;2*1-8-9(2)14-12-11(8)7-10-5-3-4-6-13(10)12;2*1-8-7-13-10-5-3-4-6-11(10)14-12(13)9(8)2;1-8-7-12-13(9(8)2)10-5-3-4-6-11(10)14-12/h8*3-7H,1-2H3. The molecule has 0 N–H and O–H groups in total. The van der Waals surface area contributed by atoms with Gasteiger partial charge in [0.05, 0.1) is 39.3 Å². The summed E-state index contributed by atoms with van der Waals surface area (Å²) >= 11 is 0. The quantitative estimate of drug-likeness (QED) is 0.146. The maximum atomic E-state index is 5.77. The van der Waals surface area contributed by atoms with Crippen molar-refractivity contribution in [2.45, 2.75) is 111 Å². The summed E-state index contributed by atoms with van der Waals surface area (Å²) in [6.45, 7) is 33.1. The Kier molecular flexibility index (Phi) is 18.1. The number of pyridine rings is 5. The number of oxazole rings is 3. The van der Waals surface area contributed by atoms with Crippen LogP contribution < -0.4 is 0 Å². The zero-order valence-electron chi connectivity index (χ0n) is 65.9. The highest BCUT2D eigenvalue weighted by molar-refractivity contribution is 5.98. The molecule has 0 spiro atoms. The number of aromatic nitrogens is 8. The lowest BCUT2D eigenvalue weighted by atomic mass is 10.2. The molecular weight excluding hydrogens is 1390 g/mol. The first kappa shape index (κ1) is 71.3. The molecule has 0 atom stereocenters. The number of nitrogens with zero attached hydrogens (tertiary/aromatic N) is 8. The molecular formula is C96H88N8O8. The van der Waals surface area contributed by atoms with Gasteiger partial charge >= 0.3 is 0 Å². The fraction of sp³-hybridized carbons (Fsp3) is 0.167. The fourth-order valence-electron chi connectivity index (χ4n) is 15.2. The highest BCUT2D eigenvalue weighted by Crippen LogP contribution is 2.35. The van der Waals surface area contributed by atoms with Crippen LogP contribution in [0.15, 0.2) is 279 Å². The minimum atomic E-state index is 0.932. The Morgan fingerprint density at radius 1 is 0.241 bits per heavy atom. The number of furan rings is 5. The molecule has 21 aromatic heterocycles. The molecule has 0 aliphatic rings. The van der Waals surface area contributed by atoms with Crippen LogP contribution in [0.2, 0.25) is 0 Å². The van der Waals surface area contributed by atoms with Crippen molar-refractivity contribution in [3.63, 3.8) is 0 Å². The Bertz CT molecular complexity index is 6700. The average Bonchev–Trinajstić information content (AvgIpc) is 1.61. The van der Waals surface area contributed by atoms with Crippen molar-refractivity contribution < 1.29 is 35.3 Å². The second kappa shape index (κ2) is 28.4. The molecule has 24 aromatic rings. The normalized spacial score (nSPS) is 11.6. The van der Waals surface area contributed by atoms with Crippen LogP contribution in [0.3, 0.4) is 0 Å². The number of para-hydroxylation sites is 6. The minimum Gasteiger partial charge on any atom is -0.459 e. The second-order valence-electron chi connectivity index (χ2n) is 29.2. The summed E-state index contributed by atoms with van der Waals surface area (Å²) in [5.41, 5.74) is 36.0. The lowest BCUT2D eigenvalue weighted by Gasteiger charge is -1.94. The molecule has 560 valence electrons. The number of hydrogen-bond acceptors (Lipinski definition) is 8. The van der Waals surface area contributed by atoms with E-state index in [1.165, 1.54) is 116 Å². The summed E-state index contributed by atoms with van der Waals surface area (Å²) in [6, 6.07) is 65.7. The van der Waals surface area contributed by atoms with E-state index in [4.69, 9.17) is 35.3 Å². The van der Waals surface area contributed by atoms with Gasteiger partial charge in [-0.2, -0.15) is 0 Å². The predicted molar refractivity (Wildman–Crippen MR) is 453 cm³/mol. The summed E-state index contributed by atoms with van der Waals surface area (Å²) in [6.07, 6.45) is 16.5. The number of aryl methyl sites for hydroxylation is 16. The van der Waals surface area contributed by atoms with Gasteiger partial charge in [-0.05, 0) is 248 Å². The predicted octanol–water partition coefficient (Wildman–Crippen LogP) is 26.4. The molecule has 0 fully saturated rings. The molecule has 0 radical (unpaired) electrons. The summed E-state index contributed by atoms with van der Waals surface area (Å²) < 4.78 is 62.6. The first-order valence-corrected chi connectivity index (χ1v) is 37.8. The maximum Gasteiger partial charge on any atom is 0.211 e. The Morgan fingerprint density at radius 3 is 1.10 bits per heavy atom. The van der Waals surface area contributed by atoms with Crippen LogP contribution in [-0.2, 0) is 0 Å². The molecule has 3 aromatic carbocycles. The zero-order chi connectivity index (χ0) is 77.7. The van der Waals surface area contributed by atoms with E-state index in [0.717, 1.165) is 107 Å². The van der Waals surface area contributed by atoms with Gasteiger partial charge in [-0.3, -0.25) is 22.0 Å². The minimum absolute atomic E-state index is 0.932. The summed E-state index contributed by atoms with van der Waals surface area (Å²) in [4.78, 5) is 0. The van der Waals surface area contributed by atoms with Crippen LogP contribution in [0.4, 0.5) is 0 Å². The number of fused-ring (bicyclic) bond motifs is 24. The second-order valence-corrected chi connectivity index (χ2v) is 29.2. The number of benzene rings is 3. The van der Waals surface area contributed by atoms with E-state index < -0.39 is 0 Å². The van der Waals surface area contributed by atoms with Crippen LogP contribution >= 0.6 is 0 Å². The van der Waals surface area contributed by atoms with E-state index >= 15 is 0 Å². The van der Waals surface area contributed by atoms with Crippen LogP contribution in [0.5, 0.6) is 0 Å². The largest absolute Gasteiger partial charge is 0.459 e. The van der Waals surface area contributed by atoms with Crippen LogP contribution in [-0.4, -0.2) is 35.2 Å². The molecule has 0 saturated heterocycles. The van der Waals surface area contributed by atoms with Gasteiger partial charge < -0.3 is 48.5 Å². The van der Waals surface area contributed by atoms with E-state index in [2.05, 4.69) is 221 Å². The Balaban J connectivity index is 0.0000000929. The van der Waals surface area contributed by atoms with Gasteiger partial charge in [0.25, 0.3) is 0 Å². The molecule has 21 heterocycles. The highest BCUT2D eigenvalue weighted by atomic mass is 16.4. The first-order valence-electron chi connectivity index (χ1n) is 37.8. The molecule has 0 amide bonds. The molecule has 0 saturated carbocycles. The van der Waals surface area contributed by atoms with Crippen molar-refractivity contribution in [2.75, 3.05) is 0 Å². The molecule has 24 rings (SSSR count). The Hall–Kier alpha value is -13.6. The van der Waals surface area contributed by atoms with Crippen molar-refractivity contribution in [2.24, 2.45) is 0 Å². The summed E-state index contributed by atoms with van der Waals surface area (Å²) in [7, 11) is 0. The van der Waals surface area contributed by atoms with Crippen LogP contribution in [0.1, 0.15) is 90.1 Å². The lowest BCUT2D eigenvalue weighted by molar-refractivity contribution is 0.560. The molecule has 0 aliphatic heterocycles. The molecule has 16 nitrogen and oxygen atoms in total. The van der Waals surface area contributed by atoms with E-state index in [1.54, 1.807) is 0 Å². The zero-order valence-corrected chi connectivity index (χ0v) is 65.9. The molecule has 0 bridgehead atoms. The third kappa shape index (κ3) is 12.4. The molecule has 0 aliphatic carbocycles. The molecule has 16 heteroatoms. The Labute approximate surface area is 644 Å². The van der Waals surface area contributed by atoms with Crippen molar-refractivity contribution in [3.8, 4) is 0 Å². The van der Waals surface area contributed by atoms with Crippen molar-refractivity contribution >= 4 is 133 Å². The average molecular weight is 1480 g/mol. The number of rotatable bonds is 0. The first-order chi connectivity index (χ1) is 54.2. The van der Waals surface area contributed by atoms with Gasteiger partial charge in [0, 0.05) is 133 Å². The van der Waals surface area contributed by atoms with Gasteiger partial charge in [-0.15, -0.1) is 0 Å². The van der Waals surface area contributed by atoms with E-state index in [0.29, 0.717) is 0 Å². The van der Waals surface area contributed by atoms with Crippen LogP contribution in [0.25, 0.3) is 133 Å². The topological polar surface area (TPSA) is 140 Å². The number of hydrogen-bond donors (Lipinski definition) is 0. The van der Waals surface area contributed by atoms with Gasteiger partial charge in [0.15, 0.2) is 33.5 Å². The smallest absolute Gasteiger partial charge is 0.211 e. The molecule has 112 heavy (non-hydrogen) atoms. The van der Waals surface area contributed by atoms with Crippen molar-refractivity contribution in [1.82, 2.24) is 35.2 Å². The van der Waals surface area contributed by atoms with Gasteiger partial charge in [0.1, 0.15) is 28.8 Å². The summed E-state index contributed by atoms with van der Waals surface area (Å²) in [5.74, 6) is 5.05. The summed E-state index contributed by atoms with van der Waals surface area (Å²) in [5, 5.41) is 3.67. The maximum absolute atomic E-state index is 5.77. The van der Waals surface area contributed by atoms with E-state index in [9.17, 15) is 0 Å². The van der Waals surface area contributed by atoms with Gasteiger partial charge in [-0.25, -0.2) is 0 Å². The van der Waals surface area contributed by atoms with Gasteiger partial charge in [-0.1, -0.05) is 66.7 Å². The van der Waals surface area contributed by atoms with E-state index in [-0.39, 0.29) is 0 Å². The fourth-order valence-corrected chi connectivity index (χ4v) is 15.2. The monoisotopic (exact) mass is 1480 g/mol. The third-order valence-corrected chi connectivity index (χ3v) is 22.4. The Morgan fingerprint density at radius 2 is 0.616 bits per heavy atom. The lowest BCUT2D eigenvalue weighted by Crippen LogP contribution is -1.83. The van der Waals surface area contributed by atoms with Crippen molar-refractivity contribution in [1.29, 1.82) is 0 Å². The third-order valence-electron chi connectivity index (χ3n) is 22.4. The van der Waals surface area contributed by atoms with E-state index in [1.807, 2.05) is 169 Å². The molecule has 0 unspecified atom stereocenters. The van der Waals surface area contributed by atoms with Crippen molar-refractivity contribution in [3.05, 3.63) is 334 Å².